The summed E-state index contributed by atoms with van der Waals surface area (Å²) < 4.78 is 7.49. The molecule has 0 radical (unpaired) electrons. The molecule has 1 aromatic carbocycles. The van der Waals surface area contributed by atoms with Crippen LogP contribution >= 0.6 is 0 Å². The van der Waals surface area contributed by atoms with Gasteiger partial charge in [0.05, 0.1) is 6.61 Å². The molecule has 4 heteroatoms. The highest BCUT2D eigenvalue weighted by Gasteiger charge is 2.04. The summed E-state index contributed by atoms with van der Waals surface area (Å²) >= 11 is 0. The number of nitrogens with zero attached hydrogens (tertiary/aromatic N) is 2. The molecule has 1 aromatic heterocycles. The Morgan fingerprint density at radius 2 is 2.00 bits per heavy atom. The smallest absolute Gasteiger partial charge is 0.207 e. The molecule has 0 fully saturated rings. The minimum atomic E-state index is 0.689. The Morgan fingerprint density at radius 1 is 1.21 bits per heavy atom. The van der Waals surface area contributed by atoms with Gasteiger partial charge in [-0.05, 0) is 37.6 Å². The van der Waals surface area contributed by atoms with Crippen molar-refractivity contribution in [3.05, 3.63) is 36.7 Å². The molecule has 0 saturated carbocycles. The van der Waals surface area contributed by atoms with E-state index in [2.05, 4.69) is 17.2 Å². The fourth-order valence-corrected chi connectivity index (χ4v) is 1.89. The van der Waals surface area contributed by atoms with Crippen LogP contribution in [0.5, 0.6) is 5.75 Å². The van der Waals surface area contributed by atoms with Gasteiger partial charge in [-0.1, -0.05) is 13.3 Å². The van der Waals surface area contributed by atoms with Gasteiger partial charge in [-0.25, -0.2) is 4.98 Å². The Kier molecular flexibility index (Phi) is 4.84. The summed E-state index contributed by atoms with van der Waals surface area (Å²) in [5.41, 5.74) is 1.08. The summed E-state index contributed by atoms with van der Waals surface area (Å²) in [6, 6.07) is 8.04. The van der Waals surface area contributed by atoms with Crippen LogP contribution in [0.15, 0.2) is 36.7 Å². The first-order chi connectivity index (χ1) is 9.35. The Morgan fingerprint density at radius 3 is 2.68 bits per heavy atom. The molecule has 0 aliphatic rings. The van der Waals surface area contributed by atoms with Crippen LogP contribution in [-0.2, 0) is 0 Å². The number of benzene rings is 1. The first kappa shape index (κ1) is 13.5. The van der Waals surface area contributed by atoms with Crippen molar-refractivity contribution in [1.82, 2.24) is 9.55 Å². The fraction of sp³-hybridized carbons (Fsp3) is 0.400. The van der Waals surface area contributed by atoms with E-state index in [4.69, 9.17) is 4.74 Å². The van der Waals surface area contributed by atoms with Gasteiger partial charge in [-0.15, -0.1) is 0 Å². The normalized spacial score (nSPS) is 10.4. The highest BCUT2D eigenvalue weighted by molar-refractivity contribution is 5.44. The van der Waals surface area contributed by atoms with Crippen molar-refractivity contribution in [3.63, 3.8) is 0 Å². The molecule has 0 atom stereocenters. The van der Waals surface area contributed by atoms with Crippen molar-refractivity contribution in [2.24, 2.45) is 0 Å². The third-order valence-corrected chi connectivity index (χ3v) is 2.88. The van der Waals surface area contributed by atoms with E-state index in [1.807, 2.05) is 48.1 Å². The van der Waals surface area contributed by atoms with Crippen LogP contribution in [0.3, 0.4) is 0 Å². The van der Waals surface area contributed by atoms with Gasteiger partial charge in [-0.3, -0.25) is 4.57 Å². The van der Waals surface area contributed by atoms with E-state index in [9.17, 15) is 0 Å². The van der Waals surface area contributed by atoms with Gasteiger partial charge in [0.2, 0.25) is 5.95 Å². The Balaban J connectivity index is 2.10. The van der Waals surface area contributed by atoms with E-state index in [1.165, 1.54) is 6.42 Å². The van der Waals surface area contributed by atoms with Crippen molar-refractivity contribution in [3.8, 4) is 11.4 Å². The highest BCUT2D eigenvalue weighted by Crippen LogP contribution is 2.18. The van der Waals surface area contributed by atoms with Crippen molar-refractivity contribution < 1.29 is 4.74 Å². The fourth-order valence-electron chi connectivity index (χ4n) is 1.89. The van der Waals surface area contributed by atoms with E-state index in [0.29, 0.717) is 6.61 Å². The van der Waals surface area contributed by atoms with Crippen LogP contribution < -0.4 is 10.1 Å². The third kappa shape index (κ3) is 3.50. The zero-order chi connectivity index (χ0) is 13.5. The molecule has 0 spiro atoms. The Hall–Kier alpha value is -1.97. The minimum Gasteiger partial charge on any atom is -0.494 e. The largest absolute Gasteiger partial charge is 0.494 e. The minimum absolute atomic E-state index is 0.689. The van der Waals surface area contributed by atoms with E-state index in [0.717, 1.165) is 30.4 Å². The van der Waals surface area contributed by atoms with Gasteiger partial charge in [-0.2, -0.15) is 0 Å². The Labute approximate surface area is 114 Å². The molecule has 19 heavy (non-hydrogen) atoms. The summed E-state index contributed by atoms with van der Waals surface area (Å²) in [5.74, 6) is 1.78. The summed E-state index contributed by atoms with van der Waals surface area (Å²) in [4.78, 5) is 4.34. The van der Waals surface area contributed by atoms with Crippen molar-refractivity contribution in [2.45, 2.75) is 26.7 Å². The number of anilines is 1. The second kappa shape index (κ2) is 6.83. The molecular weight excluding hydrogens is 238 g/mol. The summed E-state index contributed by atoms with van der Waals surface area (Å²) in [7, 11) is 0. The molecule has 0 aliphatic heterocycles. The van der Waals surface area contributed by atoms with Crippen LogP contribution in [0.2, 0.25) is 0 Å². The monoisotopic (exact) mass is 259 g/mol. The van der Waals surface area contributed by atoms with Gasteiger partial charge in [0.15, 0.2) is 0 Å². The maximum absolute atomic E-state index is 5.45. The summed E-state index contributed by atoms with van der Waals surface area (Å²) in [6.07, 6.45) is 6.10. The van der Waals surface area contributed by atoms with E-state index >= 15 is 0 Å². The predicted octanol–water partition coefficient (Wildman–Crippen LogP) is 3.48. The topological polar surface area (TPSA) is 39.1 Å². The van der Waals surface area contributed by atoms with Gasteiger partial charge in [0.25, 0.3) is 0 Å². The first-order valence-electron chi connectivity index (χ1n) is 6.85. The number of ether oxygens (including phenoxy) is 1. The lowest BCUT2D eigenvalue weighted by atomic mass is 10.3. The molecule has 4 nitrogen and oxygen atoms in total. The molecular formula is C15H21N3O. The zero-order valence-corrected chi connectivity index (χ0v) is 11.6. The van der Waals surface area contributed by atoms with Gasteiger partial charge in [0.1, 0.15) is 5.75 Å². The molecule has 1 N–H and O–H groups in total. The predicted molar refractivity (Wildman–Crippen MR) is 78.1 cm³/mol. The number of rotatable bonds is 7. The van der Waals surface area contributed by atoms with Crippen LogP contribution in [0.4, 0.5) is 5.95 Å². The average Bonchev–Trinajstić information content (AvgIpc) is 2.89. The maximum Gasteiger partial charge on any atom is 0.207 e. The standard InChI is InChI=1S/C15H21N3O/c1-3-5-10-16-15-17-11-12-18(15)13-6-8-14(9-7-13)19-4-2/h6-9,11-12H,3-5,10H2,1-2H3,(H,16,17). The zero-order valence-electron chi connectivity index (χ0n) is 11.6. The quantitative estimate of drug-likeness (QED) is 0.774. The van der Waals surface area contributed by atoms with Crippen LogP contribution in [0.25, 0.3) is 5.69 Å². The maximum atomic E-state index is 5.45. The molecule has 0 amide bonds. The first-order valence-corrected chi connectivity index (χ1v) is 6.85. The van der Waals surface area contributed by atoms with Crippen LogP contribution in [-0.4, -0.2) is 22.7 Å². The number of aromatic nitrogens is 2. The lowest BCUT2D eigenvalue weighted by Crippen LogP contribution is -2.07. The van der Waals surface area contributed by atoms with Gasteiger partial charge >= 0.3 is 0 Å². The molecule has 1 heterocycles. The number of hydrogen-bond acceptors (Lipinski definition) is 3. The van der Waals surface area contributed by atoms with Gasteiger partial charge in [0, 0.05) is 24.6 Å². The highest BCUT2D eigenvalue weighted by atomic mass is 16.5. The van der Waals surface area contributed by atoms with Crippen LogP contribution in [0.1, 0.15) is 26.7 Å². The molecule has 0 aliphatic carbocycles. The molecule has 2 aromatic rings. The SMILES string of the molecule is CCCCNc1nccn1-c1ccc(OCC)cc1. The number of imidazole rings is 1. The second-order valence-corrected chi connectivity index (χ2v) is 4.33. The Bertz CT molecular complexity index is 490. The summed E-state index contributed by atoms with van der Waals surface area (Å²) in [5, 5.41) is 3.35. The molecule has 0 saturated heterocycles. The van der Waals surface area contributed by atoms with E-state index in [-0.39, 0.29) is 0 Å². The van der Waals surface area contributed by atoms with Crippen molar-refractivity contribution in [2.75, 3.05) is 18.5 Å². The van der Waals surface area contributed by atoms with E-state index in [1.54, 1.807) is 0 Å². The number of nitrogens with one attached hydrogen (secondary N) is 1. The van der Waals surface area contributed by atoms with E-state index < -0.39 is 0 Å². The molecule has 2 rings (SSSR count). The molecule has 0 bridgehead atoms. The molecule has 0 unspecified atom stereocenters. The number of hydrogen-bond donors (Lipinski definition) is 1. The van der Waals surface area contributed by atoms with Crippen molar-refractivity contribution >= 4 is 5.95 Å². The molecule has 102 valence electrons. The van der Waals surface area contributed by atoms with Crippen LogP contribution in [0, 0.1) is 0 Å². The van der Waals surface area contributed by atoms with Crippen molar-refractivity contribution in [1.29, 1.82) is 0 Å². The third-order valence-electron chi connectivity index (χ3n) is 2.88. The number of unbranched alkanes of at least 4 members (excludes halogenated alkanes) is 1. The lowest BCUT2D eigenvalue weighted by Gasteiger charge is -2.10. The average molecular weight is 259 g/mol. The second-order valence-electron chi connectivity index (χ2n) is 4.33. The van der Waals surface area contributed by atoms with Gasteiger partial charge < -0.3 is 10.1 Å². The lowest BCUT2D eigenvalue weighted by molar-refractivity contribution is 0.340. The summed E-state index contributed by atoms with van der Waals surface area (Å²) in [6.45, 7) is 5.80.